The van der Waals surface area contributed by atoms with Crippen LogP contribution in [0.4, 0.5) is 0 Å². The molecule has 2 aromatic carbocycles. The van der Waals surface area contributed by atoms with Gasteiger partial charge in [0, 0.05) is 6.61 Å². The Hall–Kier alpha value is -2.57. The van der Waals surface area contributed by atoms with E-state index in [-0.39, 0.29) is 31.3 Å². The van der Waals surface area contributed by atoms with Gasteiger partial charge in [-0.15, -0.1) is 0 Å². The highest BCUT2D eigenvalue weighted by Gasteiger charge is 2.29. The number of hydrogen-bond donors (Lipinski definition) is 2. The molecular weight excluding hydrogens is 346 g/mol. The fourth-order valence-electron chi connectivity index (χ4n) is 2.94. The smallest absolute Gasteiger partial charge is 0.258 e. The second-order valence-electron chi connectivity index (χ2n) is 6.60. The van der Waals surface area contributed by atoms with E-state index < -0.39 is 0 Å². The standard InChI is InChI=1S/C21H25NO5/c1-15-3-2-4-18(11-15)26-14-21(24)22-19-9-10-25-13-20(19)27-17-7-5-16(12-23)6-8-17/h2-8,11,19-20,23H,9-10,12-14H2,1H3,(H,22,24). The Morgan fingerprint density at radius 3 is 2.78 bits per heavy atom. The summed E-state index contributed by atoms with van der Waals surface area (Å²) in [5.41, 5.74) is 1.90. The molecule has 0 saturated carbocycles. The summed E-state index contributed by atoms with van der Waals surface area (Å²) in [6.07, 6.45) is 0.400. The first-order chi connectivity index (χ1) is 13.1. The molecule has 0 aromatic heterocycles. The minimum absolute atomic E-state index is 0.00750. The Bertz CT molecular complexity index is 746. The van der Waals surface area contributed by atoms with Crippen molar-refractivity contribution in [2.24, 2.45) is 0 Å². The van der Waals surface area contributed by atoms with Crippen LogP contribution < -0.4 is 14.8 Å². The van der Waals surface area contributed by atoms with E-state index in [0.717, 1.165) is 11.1 Å². The number of ether oxygens (including phenoxy) is 3. The Labute approximate surface area is 159 Å². The largest absolute Gasteiger partial charge is 0.486 e. The lowest BCUT2D eigenvalue weighted by Crippen LogP contribution is -2.52. The van der Waals surface area contributed by atoms with Gasteiger partial charge in [0.15, 0.2) is 6.61 Å². The number of carbonyl (C=O) groups excluding carboxylic acids is 1. The highest BCUT2D eigenvalue weighted by molar-refractivity contribution is 5.78. The van der Waals surface area contributed by atoms with Gasteiger partial charge in [-0.1, -0.05) is 24.3 Å². The number of hydrogen-bond acceptors (Lipinski definition) is 5. The van der Waals surface area contributed by atoms with E-state index in [1.807, 2.05) is 43.3 Å². The second kappa shape index (κ2) is 9.39. The number of rotatable bonds is 7. The number of aryl methyl sites for hydroxylation is 1. The fraction of sp³-hybridized carbons (Fsp3) is 0.381. The van der Waals surface area contributed by atoms with Gasteiger partial charge >= 0.3 is 0 Å². The molecule has 3 rings (SSSR count). The van der Waals surface area contributed by atoms with Crippen molar-refractivity contribution in [1.29, 1.82) is 0 Å². The van der Waals surface area contributed by atoms with Crippen molar-refractivity contribution in [2.45, 2.75) is 32.1 Å². The minimum Gasteiger partial charge on any atom is -0.486 e. The van der Waals surface area contributed by atoms with Gasteiger partial charge in [0.05, 0.1) is 19.3 Å². The zero-order valence-corrected chi connectivity index (χ0v) is 15.4. The summed E-state index contributed by atoms with van der Waals surface area (Å²) in [5, 5.41) is 12.1. The van der Waals surface area contributed by atoms with Crippen LogP contribution in [0.1, 0.15) is 17.5 Å². The van der Waals surface area contributed by atoms with Crippen molar-refractivity contribution in [1.82, 2.24) is 5.32 Å². The Balaban J connectivity index is 1.53. The lowest BCUT2D eigenvalue weighted by molar-refractivity contribution is -0.126. The Kier molecular flexibility index (Phi) is 6.68. The molecule has 2 N–H and O–H groups in total. The number of aliphatic hydroxyl groups is 1. The molecule has 2 unspecified atom stereocenters. The summed E-state index contributed by atoms with van der Waals surface area (Å²) in [6, 6.07) is 14.7. The quantitative estimate of drug-likeness (QED) is 0.780. The van der Waals surface area contributed by atoms with Gasteiger partial charge < -0.3 is 24.6 Å². The average Bonchev–Trinajstić information content (AvgIpc) is 2.69. The van der Waals surface area contributed by atoms with Crippen LogP contribution in [0.25, 0.3) is 0 Å². The molecule has 1 heterocycles. The van der Waals surface area contributed by atoms with E-state index in [9.17, 15) is 4.79 Å². The van der Waals surface area contributed by atoms with Gasteiger partial charge in [-0.3, -0.25) is 4.79 Å². The van der Waals surface area contributed by atoms with E-state index in [0.29, 0.717) is 31.1 Å². The molecule has 2 aromatic rings. The maximum Gasteiger partial charge on any atom is 0.258 e. The first-order valence-corrected chi connectivity index (χ1v) is 9.07. The van der Waals surface area contributed by atoms with Gasteiger partial charge in [0.2, 0.25) is 0 Å². The SMILES string of the molecule is Cc1cccc(OCC(=O)NC2CCOCC2Oc2ccc(CO)cc2)c1. The summed E-state index contributed by atoms with van der Waals surface area (Å²) in [4.78, 5) is 12.3. The second-order valence-corrected chi connectivity index (χ2v) is 6.60. The predicted octanol–water partition coefficient (Wildman–Crippen LogP) is 2.22. The number of aliphatic hydroxyl groups excluding tert-OH is 1. The summed E-state index contributed by atoms with van der Waals surface area (Å²) < 4.78 is 17.1. The molecule has 6 nitrogen and oxygen atoms in total. The number of nitrogens with one attached hydrogen (secondary N) is 1. The summed E-state index contributed by atoms with van der Waals surface area (Å²) >= 11 is 0. The molecule has 1 fully saturated rings. The first kappa shape index (κ1) is 19.2. The van der Waals surface area contributed by atoms with Crippen LogP contribution in [0.15, 0.2) is 48.5 Å². The van der Waals surface area contributed by atoms with Gasteiger partial charge in [-0.2, -0.15) is 0 Å². The Morgan fingerprint density at radius 2 is 2.04 bits per heavy atom. The zero-order chi connectivity index (χ0) is 19.1. The molecule has 1 saturated heterocycles. The fourth-order valence-corrected chi connectivity index (χ4v) is 2.94. The third-order valence-electron chi connectivity index (χ3n) is 4.40. The van der Waals surface area contributed by atoms with E-state index >= 15 is 0 Å². The van der Waals surface area contributed by atoms with Crippen molar-refractivity contribution in [2.75, 3.05) is 19.8 Å². The minimum atomic E-state index is -0.276. The van der Waals surface area contributed by atoms with Gasteiger partial charge in [0.1, 0.15) is 17.6 Å². The van der Waals surface area contributed by atoms with Gasteiger partial charge in [0.25, 0.3) is 5.91 Å². The first-order valence-electron chi connectivity index (χ1n) is 9.07. The van der Waals surface area contributed by atoms with Crippen LogP contribution in [0.5, 0.6) is 11.5 Å². The van der Waals surface area contributed by atoms with Crippen LogP contribution in [0, 0.1) is 6.92 Å². The number of benzene rings is 2. The van der Waals surface area contributed by atoms with E-state index in [1.165, 1.54) is 0 Å². The summed E-state index contributed by atoms with van der Waals surface area (Å²) in [6.45, 7) is 2.91. The van der Waals surface area contributed by atoms with Crippen molar-refractivity contribution in [3.05, 3.63) is 59.7 Å². The highest BCUT2D eigenvalue weighted by Crippen LogP contribution is 2.19. The van der Waals surface area contributed by atoms with Crippen molar-refractivity contribution in [3.63, 3.8) is 0 Å². The molecule has 27 heavy (non-hydrogen) atoms. The third kappa shape index (κ3) is 5.70. The van der Waals surface area contributed by atoms with Crippen LogP contribution in [-0.2, 0) is 16.1 Å². The van der Waals surface area contributed by atoms with E-state index in [1.54, 1.807) is 12.1 Å². The molecule has 0 aliphatic carbocycles. The lowest BCUT2D eigenvalue weighted by atomic mass is 10.1. The van der Waals surface area contributed by atoms with Crippen LogP contribution >= 0.6 is 0 Å². The van der Waals surface area contributed by atoms with Crippen LogP contribution in [0.3, 0.4) is 0 Å². The summed E-state index contributed by atoms with van der Waals surface area (Å²) in [5.74, 6) is 1.17. The Morgan fingerprint density at radius 1 is 1.22 bits per heavy atom. The maximum absolute atomic E-state index is 12.3. The van der Waals surface area contributed by atoms with Crippen molar-refractivity contribution >= 4 is 5.91 Å². The average molecular weight is 371 g/mol. The zero-order valence-electron chi connectivity index (χ0n) is 15.4. The molecule has 144 valence electrons. The predicted molar refractivity (Wildman–Crippen MR) is 101 cm³/mol. The van der Waals surface area contributed by atoms with Crippen molar-refractivity contribution in [3.8, 4) is 11.5 Å². The molecule has 0 radical (unpaired) electrons. The van der Waals surface area contributed by atoms with Crippen LogP contribution in [0.2, 0.25) is 0 Å². The van der Waals surface area contributed by atoms with Gasteiger partial charge in [-0.25, -0.2) is 0 Å². The summed E-state index contributed by atoms with van der Waals surface area (Å²) in [7, 11) is 0. The van der Waals surface area contributed by atoms with E-state index in [2.05, 4.69) is 5.32 Å². The molecule has 1 aliphatic heterocycles. The van der Waals surface area contributed by atoms with Gasteiger partial charge in [-0.05, 0) is 48.7 Å². The molecule has 1 amide bonds. The normalized spacial score (nSPS) is 19.3. The van der Waals surface area contributed by atoms with E-state index in [4.69, 9.17) is 19.3 Å². The highest BCUT2D eigenvalue weighted by atomic mass is 16.5. The monoisotopic (exact) mass is 371 g/mol. The molecule has 0 bridgehead atoms. The van der Waals surface area contributed by atoms with Crippen LogP contribution in [-0.4, -0.2) is 43.0 Å². The topological polar surface area (TPSA) is 77.0 Å². The molecule has 0 spiro atoms. The third-order valence-corrected chi connectivity index (χ3v) is 4.40. The molecule has 1 aliphatic rings. The molecule has 2 atom stereocenters. The lowest BCUT2D eigenvalue weighted by Gasteiger charge is -2.32. The van der Waals surface area contributed by atoms with Crippen molar-refractivity contribution < 1.29 is 24.1 Å². The number of amides is 1. The number of carbonyl (C=O) groups is 1. The molecular formula is C21H25NO5. The maximum atomic E-state index is 12.3. The molecule has 6 heteroatoms.